The molecular weight excluding hydrogens is 399 g/mol. The van der Waals surface area contributed by atoms with Crippen LogP contribution in [0.1, 0.15) is 33.6 Å². The Morgan fingerprint density at radius 2 is 1.82 bits per heavy atom. The van der Waals surface area contributed by atoms with Gasteiger partial charge in [0.05, 0.1) is 6.10 Å². The average molecular weight is 432 g/mol. The number of ether oxygens (including phenoxy) is 2. The molecule has 28 heavy (non-hydrogen) atoms. The predicted octanol–water partition coefficient (Wildman–Crippen LogP) is 2.05. The standard InChI is InChI=1S/C18H32F3N3O3.ClH/c1-4-27-14-12-17(22,16(14,2)3)15(25)24-9-7-23(8-10-24)6-5-11-26-13-18(19,20)21;/h14H,4-13,22H2,1-3H3;1H. The predicted molar refractivity (Wildman–Crippen MR) is 102 cm³/mol. The van der Waals surface area contributed by atoms with Gasteiger partial charge in [0, 0.05) is 57.8 Å². The summed E-state index contributed by atoms with van der Waals surface area (Å²) < 4.78 is 46.4. The third-order valence-electron chi connectivity index (χ3n) is 5.90. The van der Waals surface area contributed by atoms with Crippen LogP contribution in [0.5, 0.6) is 0 Å². The minimum atomic E-state index is -4.28. The molecule has 0 aromatic carbocycles. The molecule has 2 N–H and O–H groups in total. The molecule has 10 heteroatoms. The van der Waals surface area contributed by atoms with Crippen molar-refractivity contribution in [2.45, 2.75) is 51.4 Å². The van der Waals surface area contributed by atoms with Gasteiger partial charge in [0.1, 0.15) is 12.1 Å². The highest BCUT2D eigenvalue weighted by molar-refractivity contribution is 5.89. The third kappa shape index (κ3) is 5.72. The highest BCUT2D eigenvalue weighted by atomic mass is 35.5. The van der Waals surface area contributed by atoms with Gasteiger partial charge in [0.2, 0.25) is 5.91 Å². The van der Waals surface area contributed by atoms with Crippen LogP contribution in [0.3, 0.4) is 0 Å². The molecule has 1 amide bonds. The number of hydrogen-bond acceptors (Lipinski definition) is 5. The van der Waals surface area contributed by atoms with E-state index in [0.29, 0.717) is 52.2 Å². The maximum absolute atomic E-state index is 13.0. The second kappa shape index (κ2) is 9.93. The zero-order chi connectivity index (χ0) is 20.3. The second-order valence-corrected chi connectivity index (χ2v) is 8.00. The van der Waals surface area contributed by atoms with Gasteiger partial charge >= 0.3 is 6.18 Å². The van der Waals surface area contributed by atoms with Crippen LogP contribution in [0.15, 0.2) is 0 Å². The Bertz CT molecular complexity index is 514. The molecule has 2 rings (SSSR count). The number of halogens is 4. The number of hydrogen-bond donors (Lipinski definition) is 1. The van der Waals surface area contributed by atoms with Crippen LogP contribution in [0.4, 0.5) is 13.2 Å². The van der Waals surface area contributed by atoms with Crippen LogP contribution in [0.2, 0.25) is 0 Å². The van der Waals surface area contributed by atoms with Crippen LogP contribution >= 0.6 is 12.4 Å². The number of amides is 1. The number of nitrogens with two attached hydrogens (primary N) is 1. The van der Waals surface area contributed by atoms with E-state index in [-0.39, 0.29) is 31.0 Å². The summed E-state index contributed by atoms with van der Waals surface area (Å²) in [6.07, 6.45) is -3.22. The maximum Gasteiger partial charge on any atom is 0.411 e. The summed E-state index contributed by atoms with van der Waals surface area (Å²) in [6.45, 7) is 8.57. The summed E-state index contributed by atoms with van der Waals surface area (Å²) >= 11 is 0. The first-order valence-corrected chi connectivity index (χ1v) is 9.58. The van der Waals surface area contributed by atoms with Crippen molar-refractivity contribution in [1.29, 1.82) is 0 Å². The van der Waals surface area contributed by atoms with Crippen LogP contribution < -0.4 is 5.73 Å². The first kappa shape index (κ1) is 25.4. The number of rotatable bonds is 8. The molecule has 6 nitrogen and oxygen atoms in total. The Morgan fingerprint density at radius 1 is 1.21 bits per heavy atom. The molecule has 1 saturated carbocycles. The average Bonchev–Trinajstić information content (AvgIpc) is 2.60. The molecule has 1 aliphatic carbocycles. The molecule has 2 unspecified atom stereocenters. The molecule has 0 spiro atoms. The van der Waals surface area contributed by atoms with E-state index in [0.717, 1.165) is 0 Å². The minimum Gasteiger partial charge on any atom is -0.378 e. The van der Waals surface area contributed by atoms with E-state index < -0.39 is 23.7 Å². The molecular formula is C18H33ClF3N3O3. The summed E-state index contributed by atoms with van der Waals surface area (Å²) in [5.41, 5.74) is 5.15. The van der Waals surface area contributed by atoms with Crippen LogP contribution in [-0.4, -0.2) is 86.1 Å². The van der Waals surface area contributed by atoms with Gasteiger partial charge < -0.3 is 20.1 Å². The number of alkyl halides is 3. The SMILES string of the molecule is CCOC1CC(N)(C(=O)N2CCN(CCCOCC(F)(F)F)CC2)C1(C)C.Cl. The lowest BCUT2D eigenvalue weighted by atomic mass is 9.54. The zero-order valence-corrected chi connectivity index (χ0v) is 17.7. The fraction of sp³-hybridized carbons (Fsp3) is 0.944. The van der Waals surface area contributed by atoms with Gasteiger partial charge in [-0.15, -0.1) is 12.4 Å². The molecule has 1 saturated heterocycles. The van der Waals surface area contributed by atoms with Gasteiger partial charge in [0.25, 0.3) is 0 Å². The Kier molecular flexibility index (Phi) is 9.02. The van der Waals surface area contributed by atoms with E-state index >= 15 is 0 Å². The lowest BCUT2D eigenvalue weighted by molar-refractivity contribution is -0.180. The smallest absolute Gasteiger partial charge is 0.378 e. The lowest BCUT2D eigenvalue weighted by Gasteiger charge is -2.59. The van der Waals surface area contributed by atoms with Crippen molar-refractivity contribution in [3.8, 4) is 0 Å². The van der Waals surface area contributed by atoms with E-state index in [9.17, 15) is 18.0 Å². The normalized spacial score (nSPS) is 27.8. The van der Waals surface area contributed by atoms with Crippen LogP contribution in [0.25, 0.3) is 0 Å². The van der Waals surface area contributed by atoms with Crippen molar-refractivity contribution in [3.05, 3.63) is 0 Å². The number of carbonyl (C=O) groups is 1. The Hall–Kier alpha value is -0.610. The number of nitrogens with zero attached hydrogens (tertiary/aromatic N) is 2. The van der Waals surface area contributed by atoms with Crippen molar-refractivity contribution in [2.24, 2.45) is 11.1 Å². The molecule has 1 heterocycles. The second-order valence-electron chi connectivity index (χ2n) is 8.00. The quantitative estimate of drug-likeness (QED) is 0.596. The molecule has 1 aliphatic heterocycles. The highest BCUT2D eigenvalue weighted by Crippen LogP contribution is 2.50. The summed E-state index contributed by atoms with van der Waals surface area (Å²) in [5.74, 6) is -0.0309. The summed E-state index contributed by atoms with van der Waals surface area (Å²) in [7, 11) is 0. The van der Waals surface area contributed by atoms with Crippen molar-refractivity contribution < 1.29 is 27.4 Å². The molecule has 166 valence electrons. The summed E-state index contributed by atoms with van der Waals surface area (Å²) in [6, 6.07) is 0. The molecule has 2 aliphatic rings. The Labute approximate surface area is 171 Å². The fourth-order valence-electron chi connectivity index (χ4n) is 3.83. The number of carbonyl (C=O) groups excluding carboxylic acids is 1. The maximum atomic E-state index is 13.0. The van der Waals surface area contributed by atoms with Gasteiger partial charge in [-0.3, -0.25) is 9.69 Å². The summed E-state index contributed by atoms with van der Waals surface area (Å²) in [4.78, 5) is 16.9. The monoisotopic (exact) mass is 431 g/mol. The van der Waals surface area contributed by atoms with Gasteiger partial charge in [-0.05, 0) is 13.3 Å². The topological polar surface area (TPSA) is 68.0 Å². The fourth-order valence-corrected chi connectivity index (χ4v) is 3.83. The van der Waals surface area contributed by atoms with Gasteiger partial charge in [-0.25, -0.2) is 0 Å². The first-order valence-electron chi connectivity index (χ1n) is 9.58. The Balaban J connectivity index is 0.00000392. The van der Waals surface area contributed by atoms with E-state index in [4.69, 9.17) is 10.5 Å². The van der Waals surface area contributed by atoms with E-state index in [1.54, 1.807) is 4.90 Å². The van der Waals surface area contributed by atoms with Crippen molar-refractivity contribution in [2.75, 3.05) is 52.5 Å². The lowest BCUT2D eigenvalue weighted by Crippen LogP contribution is -2.76. The van der Waals surface area contributed by atoms with E-state index in [2.05, 4.69) is 9.64 Å². The van der Waals surface area contributed by atoms with Gasteiger partial charge in [-0.2, -0.15) is 13.2 Å². The Morgan fingerprint density at radius 3 is 2.32 bits per heavy atom. The molecule has 0 aromatic heterocycles. The van der Waals surface area contributed by atoms with Crippen LogP contribution in [-0.2, 0) is 14.3 Å². The van der Waals surface area contributed by atoms with Gasteiger partial charge in [0.15, 0.2) is 0 Å². The molecule has 0 radical (unpaired) electrons. The molecule has 2 fully saturated rings. The van der Waals surface area contributed by atoms with Crippen molar-refractivity contribution in [1.82, 2.24) is 9.80 Å². The van der Waals surface area contributed by atoms with Gasteiger partial charge in [-0.1, -0.05) is 13.8 Å². The number of piperazine rings is 1. The first-order chi connectivity index (χ1) is 12.5. The summed E-state index contributed by atoms with van der Waals surface area (Å²) in [5, 5.41) is 0. The third-order valence-corrected chi connectivity index (χ3v) is 5.90. The highest BCUT2D eigenvalue weighted by Gasteiger charge is 2.63. The molecule has 2 atom stereocenters. The minimum absolute atomic E-state index is 0. The van der Waals surface area contributed by atoms with Crippen molar-refractivity contribution >= 4 is 18.3 Å². The largest absolute Gasteiger partial charge is 0.411 e. The zero-order valence-electron chi connectivity index (χ0n) is 16.9. The van der Waals surface area contributed by atoms with E-state index in [1.807, 2.05) is 20.8 Å². The van der Waals surface area contributed by atoms with Crippen LogP contribution in [0, 0.1) is 5.41 Å². The molecule has 0 bridgehead atoms. The van der Waals surface area contributed by atoms with Crippen molar-refractivity contribution in [3.63, 3.8) is 0 Å². The van der Waals surface area contributed by atoms with E-state index in [1.165, 1.54) is 0 Å². The molecule has 0 aromatic rings.